The second-order valence-corrected chi connectivity index (χ2v) is 4.97. The van der Waals surface area contributed by atoms with Crippen molar-refractivity contribution < 1.29 is 18.0 Å². The smallest absolute Gasteiger partial charge is 0.255 e. The van der Waals surface area contributed by atoms with Gasteiger partial charge in [0.1, 0.15) is 0 Å². The Kier molecular flexibility index (Phi) is 3.95. The van der Waals surface area contributed by atoms with Gasteiger partial charge in [0.25, 0.3) is 5.91 Å². The lowest BCUT2D eigenvalue weighted by Gasteiger charge is -2.07. The first-order valence-corrected chi connectivity index (χ1v) is 6.81. The molecule has 0 saturated carbocycles. The molecule has 3 rings (SSSR count). The van der Waals surface area contributed by atoms with Crippen LogP contribution in [0.3, 0.4) is 0 Å². The fourth-order valence-corrected chi connectivity index (χ4v) is 2.11. The zero-order valence-corrected chi connectivity index (χ0v) is 12.1. The number of rotatable bonds is 3. The summed E-state index contributed by atoms with van der Waals surface area (Å²) in [5.74, 6) is -4.94. The van der Waals surface area contributed by atoms with Crippen LogP contribution in [-0.2, 0) is 0 Å². The van der Waals surface area contributed by atoms with Crippen LogP contribution in [0, 0.1) is 17.5 Å². The van der Waals surface area contributed by atoms with Crippen molar-refractivity contribution >= 4 is 17.5 Å². The number of aromatic amines is 1. The van der Waals surface area contributed by atoms with Crippen molar-refractivity contribution in [1.29, 1.82) is 0 Å². The van der Waals surface area contributed by atoms with Gasteiger partial charge in [-0.3, -0.25) is 4.79 Å². The van der Waals surface area contributed by atoms with Crippen LogP contribution in [0.2, 0.25) is 0 Å². The summed E-state index contributed by atoms with van der Waals surface area (Å²) < 4.78 is 39.2. The Morgan fingerprint density at radius 3 is 2.25 bits per heavy atom. The monoisotopic (exact) mass is 332 g/mol. The van der Waals surface area contributed by atoms with Crippen molar-refractivity contribution in [2.45, 2.75) is 0 Å². The Labute approximate surface area is 134 Å². The van der Waals surface area contributed by atoms with E-state index in [2.05, 4.69) is 15.3 Å². The molecule has 1 aromatic heterocycles. The Morgan fingerprint density at radius 2 is 1.71 bits per heavy atom. The highest BCUT2D eigenvalue weighted by Crippen LogP contribution is 2.21. The fourth-order valence-electron chi connectivity index (χ4n) is 2.11. The maximum absolute atomic E-state index is 13.2. The predicted octanol–water partition coefficient (Wildman–Crippen LogP) is 3.33. The summed E-state index contributed by atoms with van der Waals surface area (Å²) in [5, 5.41) is 2.47. The minimum absolute atomic E-state index is 0.280. The average molecular weight is 332 g/mol. The third-order valence-corrected chi connectivity index (χ3v) is 3.30. The summed E-state index contributed by atoms with van der Waals surface area (Å²) in [6.07, 6.45) is 1.56. The van der Waals surface area contributed by atoms with Crippen molar-refractivity contribution in [1.82, 2.24) is 9.97 Å². The molecule has 0 saturated heterocycles. The Hall–Kier alpha value is -3.29. The molecule has 0 fully saturated rings. The van der Waals surface area contributed by atoms with E-state index in [0.29, 0.717) is 23.5 Å². The van der Waals surface area contributed by atoms with Gasteiger partial charge in [-0.05, 0) is 29.8 Å². The molecule has 2 aromatic carbocycles. The summed E-state index contributed by atoms with van der Waals surface area (Å²) in [5.41, 5.74) is 7.07. The molecule has 0 aliphatic rings. The molecule has 8 heteroatoms. The third kappa shape index (κ3) is 3.07. The van der Waals surface area contributed by atoms with Gasteiger partial charge in [-0.2, -0.15) is 0 Å². The quantitative estimate of drug-likeness (QED) is 0.643. The number of carbonyl (C=O) groups is 1. The maximum atomic E-state index is 13.2. The SMILES string of the molecule is Nc1ncc(-c2ccc(NC(=O)c3cc(F)c(F)c(F)c3)cc2)[nH]1. The summed E-state index contributed by atoms with van der Waals surface area (Å²) in [7, 11) is 0. The molecule has 1 amide bonds. The van der Waals surface area contributed by atoms with Crippen molar-refractivity contribution in [2.75, 3.05) is 11.1 Å². The second kappa shape index (κ2) is 6.07. The standard InChI is InChI=1S/C16H11F3N4O/c17-11-5-9(6-12(18)14(11)19)15(24)22-10-3-1-8(2-4-10)13-7-21-16(20)23-13/h1-7H,(H,22,24)(H3,20,21,23). The van der Waals surface area contributed by atoms with Crippen LogP contribution in [0.15, 0.2) is 42.6 Å². The molecular formula is C16H11F3N4O. The molecule has 1 heterocycles. The first-order valence-electron chi connectivity index (χ1n) is 6.81. The molecular weight excluding hydrogens is 321 g/mol. The Balaban J connectivity index is 1.77. The van der Waals surface area contributed by atoms with Crippen LogP contribution in [0.25, 0.3) is 11.3 Å². The summed E-state index contributed by atoms with van der Waals surface area (Å²) in [6.45, 7) is 0. The van der Waals surface area contributed by atoms with E-state index in [1.165, 1.54) is 0 Å². The lowest BCUT2D eigenvalue weighted by atomic mass is 10.1. The number of nitrogens with zero attached hydrogens (tertiary/aromatic N) is 1. The van der Waals surface area contributed by atoms with Gasteiger partial charge in [-0.15, -0.1) is 0 Å². The van der Waals surface area contributed by atoms with E-state index in [0.717, 1.165) is 5.56 Å². The minimum Gasteiger partial charge on any atom is -0.369 e. The molecule has 3 aromatic rings. The number of hydrogen-bond donors (Lipinski definition) is 3. The number of hydrogen-bond acceptors (Lipinski definition) is 3. The number of nitrogens with one attached hydrogen (secondary N) is 2. The molecule has 0 unspecified atom stereocenters. The molecule has 0 bridgehead atoms. The van der Waals surface area contributed by atoms with E-state index >= 15 is 0 Å². The lowest BCUT2D eigenvalue weighted by molar-refractivity contribution is 0.102. The highest BCUT2D eigenvalue weighted by Gasteiger charge is 2.15. The zero-order chi connectivity index (χ0) is 17.3. The molecule has 0 radical (unpaired) electrons. The minimum atomic E-state index is -1.62. The van der Waals surface area contributed by atoms with Crippen LogP contribution in [0.4, 0.5) is 24.8 Å². The average Bonchev–Trinajstić information content (AvgIpc) is 2.99. The van der Waals surface area contributed by atoms with E-state index < -0.39 is 23.4 Å². The van der Waals surface area contributed by atoms with Gasteiger partial charge in [0.2, 0.25) is 0 Å². The summed E-state index contributed by atoms with van der Waals surface area (Å²) >= 11 is 0. The van der Waals surface area contributed by atoms with E-state index in [-0.39, 0.29) is 11.5 Å². The van der Waals surface area contributed by atoms with Gasteiger partial charge < -0.3 is 16.0 Å². The molecule has 122 valence electrons. The highest BCUT2D eigenvalue weighted by molar-refractivity contribution is 6.04. The Morgan fingerprint density at radius 1 is 1.08 bits per heavy atom. The van der Waals surface area contributed by atoms with E-state index in [1.54, 1.807) is 30.5 Å². The molecule has 0 atom stereocenters. The van der Waals surface area contributed by atoms with Gasteiger partial charge in [-0.25, -0.2) is 18.2 Å². The van der Waals surface area contributed by atoms with E-state index in [9.17, 15) is 18.0 Å². The maximum Gasteiger partial charge on any atom is 0.255 e. The molecule has 24 heavy (non-hydrogen) atoms. The second-order valence-electron chi connectivity index (χ2n) is 4.97. The van der Waals surface area contributed by atoms with Gasteiger partial charge in [0, 0.05) is 11.3 Å². The van der Waals surface area contributed by atoms with Gasteiger partial charge in [0.15, 0.2) is 23.4 Å². The predicted molar refractivity (Wildman–Crippen MR) is 82.7 cm³/mol. The first-order chi connectivity index (χ1) is 11.4. The van der Waals surface area contributed by atoms with Gasteiger partial charge in [-0.1, -0.05) is 12.1 Å². The summed E-state index contributed by atoms with van der Waals surface area (Å²) in [6, 6.07) is 7.87. The lowest BCUT2D eigenvalue weighted by Crippen LogP contribution is -2.13. The van der Waals surface area contributed by atoms with E-state index in [4.69, 9.17) is 5.73 Å². The third-order valence-electron chi connectivity index (χ3n) is 3.30. The van der Waals surface area contributed by atoms with Crippen LogP contribution < -0.4 is 11.1 Å². The fraction of sp³-hybridized carbons (Fsp3) is 0. The van der Waals surface area contributed by atoms with Crippen LogP contribution in [0.5, 0.6) is 0 Å². The summed E-state index contributed by atoms with van der Waals surface area (Å²) in [4.78, 5) is 18.7. The number of amides is 1. The van der Waals surface area contributed by atoms with Crippen LogP contribution >= 0.6 is 0 Å². The number of benzene rings is 2. The number of anilines is 2. The van der Waals surface area contributed by atoms with Gasteiger partial charge >= 0.3 is 0 Å². The molecule has 0 aliphatic carbocycles. The number of nitrogens with two attached hydrogens (primary N) is 1. The molecule has 0 spiro atoms. The first kappa shape index (κ1) is 15.6. The number of nitrogen functional groups attached to an aromatic ring is 1. The number of halogens is 3. The topological polar surface area (TPSA) is 83.8 Å². The largest absolute Gasteiger partial charge is 0.369 e. The van der Waals surface area contributed by atoms with Crippen LogP contribution in [-0.4, -0.2) is 15.9 Å². The van der Waals surface area contributed by atoms with Crippen LogP contribution in [0.1, 0.15) is 10.4 Å². The van der Waals surface area contributed by atoms with E-state index in [1.807, 2.05) is 0 Å². The van der Waals surface area contributed by atoms with Crippen molar-refractivity contribution in [3.8, 4) is 11.3 Å². The Bertz CT molecular complexity index is 883. The zero-order valence-electron chi connectivity index (χ0n) is 12.1. The highest BCUT2D eigenvalue weighted by atomic mass is 19.2. The van der Waals surface area contributed by atoms with Crippen molar-refractivity contribution in [3.63, 3.8) is 0 Å². The number of carbonyl (C=O) groups excluding carboxylic acids is 1. The van der Waals surface area contributed by atoms with Gasteiger partial charge in [0.05, 0.1) is 11.9 Å². The number of H-pyrrole nitrogens is 1. The molecule has 4 N–H and O–H groups in total. The van der Waals surface area contributed by atoms with Crippen molar-refractivity contribution in [3.05, 3.63) is 65.6 Å². The number of aromatic nitrogens is 2. The normalized spacial score (nSPS) is 10.6. The van der Waals surface area contributed by atoms with Crippen molar-refractivity contribution in [2.24, 2.45) is 0 Å². The molecule has 0 aliphatic heterocycles. The number of imidazole rings is 1. The molecule has 5 nitrogen and oxygen atoms in total.